The maximum atomic E-state index is 11.8. The lowest BCUT2D eigenvalue weighted by molar-refractivity contribution is -0.138. The lowest BCUT2D eigenvalue weighted by Crippen LogP contribution is -2.10. The van der Waals surface area contributed by atoms with Crippen LogP contribution in [0.3, 0.4) is 0 Å². The molecule has 0 saturated heterocycles. The van der Waals surface area contributed by atoms with Gasteiger partial charge in [-0.3, -0.25) is 0 Å². The van der Waals surface area contributed by atoms with E-state index in [1.165, 1.54) is 47.1 Å². The van der Waals surface area contributed by atoms with E-state index >= 15 is 0 Å². The number of esters is 1. The smallest absolute Gasteiger partial charge is 0.333 e. The van der Waals surface area contributed by atoms with Gasteiger partial charge in [-0.2, -0.15) is 0 Å². The van der Waals surface area contributed by atoms with Gasteiger partial charge in [0.1, 0.15) is 12.4 Å². The summed E-state index contributed by atoms with van der Waals surface area (Å²) in [7, 11) is 0. The molecule has 0 fully saturated rings. The molecule has 196 valence electrons. The molecule has 0 aromatic heterocycles. The molecule has 0 radical (unpaired) electrons. The third kappa shape index (κ3) is 8.06. The minimum absolute atomic E-state index is 0.0625. The van der Waals surface area contributed by atoms with Crippen molar-refractivity contribution < 1.29 is 19.4 Å². The second-order valence-corrected chi connectivity index (χ2v) is 9.44. The molecule has 4 heteroatoms. The van der Waals surface area contributed by atoms with Gasteiger partial charge in [-0.05, 0) is 77.3 Å². The van der Waals surface area contributed by atoms with E-state index in [0.717, 1.165) is 24.0 Å². The average Bonchev–Trinajstić information content (AvgIpc) is 2.92. The molecule has 1 N–H and O–H groups in total. The standard InChI is InChI=1S/C33H40O4/c1-5-7-8-9-25-10-12-27(13-11-25)28-14-16-31(26(6-2)22-28)29-15-17-32(36-21-19-34)30(23-29)18-20-37-33(35)24(3)4/h10-17,22-23,34H,3,5-9,18-21H2,1-2,4H3. The Morgan fingerprint density at radius 2 is 1.54 bits per heavy atom. The van der Waals surface area contributed by atoms with Crippen molar-refractivity contribution in [3.63, 3.8) is 0 Å². The Hall–Kier alpha value is -3.37. The van der Waals surface area contributed by atoms with Crippen LogP contribution in [0.15, 0.2) is 72.8 Å². The maximum Gasteiger partial charge on any atom is 0.333 e. The Morgan fingerprint density at radius 1 is 0.838 bits per heavy atom. The van der Waals surface area contributed by atoms with Gasteiger partial charge in [0.25, 0.3) is 0 Å². The van der Waals surface area contributed by atoms with E-state index in [0.29, 0.717) is 17.7 Å². The number of unbranched alkanes of at least 4 members (excludes halogenated alkanes) is 2. The monoisotopic (exact) mass is 500 g/mol. The van der Waals surface area contributed by atoms with Crippen LogP contribution < -0.4 is 4.74 Å². The van der Waals surface area contributed by atoms with E-state index in [2.05, 4.69) is 75.0 Å². The molecule has 3 rings (SSSR count). The zero-order valence-corrected chi connectivity index (χ0v) is 22.5. The molecule has 3 aromatic carbocycles. The van der Waals surface area contributed by atoms with Gasteiger partial charge in [-0.1, -0.05) is 81.8 Å². The summed E-state index contributed by atoms with van der Waals surface area (Å²) in [6.07, 6.45) is 6.32. The van der Waals surface area contributed by atoms with E-state index < -0.39 is 5.97 Å². The number of rotatable bonds is 14. The molecule has 0 bridgehead atoms. The molecule has 0 aliphatic carbocycles. The highest BCUT2D eigenvalue weighted by molar-refractivity contribution is 5.86. The fourth-order valence-corrected chi connectivity index (χ4v) is 4.41. The highest BCUT2D eigenvalue weighted by Crippen LogP contribution is 2.33. The number of benzene rings is 3. The van der Waals surface area contributed by atoms with Crippen LogP contribution in [0.25, 0.3) is 22.3 Å². The number of carbonyl (C=O) groups excluding carboxylic acids is 1. The first-order chi connectivity index (χ1) is 18.0. The predicted molar refractivity (Wildman–Crippen MR) is 152 cm³/mol. The number of aryl methyl sites for hydroxylation is 2. The molecule has 0 amide bonds. The van der Waals surface area contributed by atoms with E-state index in [1.807, 2.05) is 6.07 Å². The summed E-state index contributed by atoms with van der Waals surface area (Å²) in [5.74, 6) is 0.296. The van der Waals surface area contributed by atoms with Gasteiger partial charge < -0.3 is 14.6 Å². The maximum absolute atomic E-state index is 11.8. The number of aliphatic hydroxyl groups excluding tert-OH is 1. The molecule has 0 heterocycles. The van der Waals surface area contributed by atoms with Crippen molar-refractivity contribution >= 4 is 5.97 Å². The summed E-state index contributed by atoms with van der Waals surface area (Å²) in [4.78, 5) is 11.8. The van der Waals surface area contributed by atoms with Gasteiger partial charge in [-0.15, -0.1) is 0 Å². The molecule has 0 saturated carbocycles. The first-order valence-electron chi connectivity index (χ1n) is 13.4. The summed E-state index contributed by atoms with van der Waals surface area (Å²) in [6, 6.07) is 21.7. The van der Waals surface area contributed by atoms with Crippen LogP contribution in [0.5, 0.6) is 5.75 Å². The van der Waals surface area contributed by atoms with Gasteiger partial charge in [0, 0.05) is 12.0 Å². The zero-order valence-electron chi connectivity index (χ0n) is 22.5. The number of carbonyl (C=O) groups is 1. The fourth-order valence-electron chi connectivity index (χ4n) is 4.41. The Balaban J connectivity index is 1.84. The van der Waals surface area contributed by atoms with E-state index in [9.17, 15) is 9.90 Å². The van der Waals surface area contributed by atoms with Crippen molar-refractivity contribution in [2.24, 2.45) is 0 Å². The summed E-state index contributed by atoms with van der Waals surface area (Å²) < 4.78 is 11.1. The second kappa shape index (κ2) is 14.4. The summed E-state index contributed by atoms with van der Waals surface area (Å²) in [5.41, 5.74) is 8.70. The van der Waals surface area contributed by atoms with E-state index in [4.69, 9.17) is 9.47 Å². The number of hydrogen-bond acceptors (Lipinski definition) is 4. The molecule has 3 aromatic rings. The van der Waals surface area contributed by atoms with Crippen molar-refractivity contribution in [2.45, 2.75) is 59.3 Å². The highest BCUT2D eigenvalue weighted by Gasteiger charge is 2.12. The minimum Gasteiger partial charge on any atom is -0.491 e. The third-order valence-electron chi connectivity index (χ3n) is 6.52. The highest BCUT2D eigenvalue weighted by atomic mass is 16.5. The molecule has 0 spiro atoms. The van der Waals surface area contributed by atoms with E-state index in [-0.39, 0.29) is 19.8 Å². The van der Waals surface area contributed by atoms with E-state index in [1.54, 1.807) is 6.92 Å². The van der Waals surface area contributed by atoms with Crippen molar-refractivity contribution in [1.82, 2.24) is 0 Å². The average molecular weight is 501 g/mol. The van der Waals surface area contributed by atoms with Crippen LogP contribution in [0, 0.1) is 0 Å². The van der Waals surface area contributed by atoms with Crippen LogP contribution in [-0.4, -0.2) is 30.9 Å². The Bertz CT molecular complexity index is 1180. The molecule has 37 heavy (non-hydrogen) atoms. The molecule has 0 aliphatic rings. The van der Waals surface area contributed by atoms with Gasteiger partial charge >= 0.3 is 5.97 Å². The van der Waals surface area contributed by atoms with Gasteiger partial charge in [0.05, 0.1) is 13.2 Å². The Morgan fingerprint density at radius 3 is 2.22 bits per heavy atom. The first kappa shape index (κ1) is 28.2. The topological polar surface area (TPSA) is 55.8 Å². The Labute approximate surface area is 222 Å². The largest absolute Gasteiger partial charge is 0.491 e. The third-order valence-corrected chi connectivity index (χ3v) is 6.52. The van der Waals surface area contributed by atoms with Crippen LogP contribution >= 0.6 is 0 Å². The van der Waals surface area contributed by atoms with Crippen LogP contribution in [0.1, 0.15) is 56.7 Å². The molecular formula is C33H40O4. The quantitative estimate of drug-likeness (QED) is 0.143. The predicted octanol–water partition coefficient (Wildman–Crippen LogP) is 7.35. The lowest BCUT2D eigenvalue weighted by atomic mass is 9.92. The van der Waals surface area contributed by atoms with Crippen molar-refractivity contribution in [3.05, 3.63) is 89.5 Å². The minimum atomic E-state index is -0.396. The van der Waals surface area contributed by atoms with Crippen LogP contribution in [-0.2, 0) is 28.8 Å². The number of hydrogen-bond donors (Lipinski definition) is 1. The Kier molecular flexibility index (Phi) is 11.0. The van der Waals surface area contributed by atoms with Gasteiger partial charge in [0.15, 0.2) is 0 Å². The first-order valence-corrected chi connectivity index (χ1v) is 13.4. The second-order valence-electron chi connectivity index (χ2n) is 9.44. The van der Waals surface area contributed by atoms with Crippen LogP contribution in [0.4, 0.5) is 0 Å². The number of aliphatic hydroxyl groups is 1. The summed E-state index contributed by atoms with van der Waals surface area (Å²) in [6.45, 7) is 10.1. The van der Waals surface area contributed by atoms with Gasteiger partial charge in [-0.25, -0.2) is 4.79 Å². The summed E-state index contributed by atoms with van der Waals surface area (Å²) >= 11 is 0. The zero-order chi connectivity index (χ0) is 26.6. The van der Waals surface area contributed by atoms with Crippen molar-refractivity contribution in [2.75, 3.05) is 19.8 Å². The number of ether oxygens (including phenoxy) is 2. The van der Waals surface area contributed by atoms with Crippen molar-refractivity contribution in [3.8, 4) is 28.0 Å². The molecular weight excluding hydrogens is 460 g/mol. The normalized spacial score (nSPS) is 10.8. The fraction of sp³-hybridized carbons (Fsp3) is 0.364. The SMILES string of the molecule is C=C(C)C(=O)OCCc1cc(-c2ccc(-c3ccc(CCCCC)cc3)cc2CC)ccc1OCCO. The molecule has 0 atom stereocenters. The van der Waals surface area contributed by atoms with Crippen LogP contribution in [0.2, 0.25) is 0 Å². The molecule has 0 unspecified atom stereocenters. The lowest BCUT2D eigenvalue weighted by Gasteiger charge is -2.16. The summed E-state index contributed by atoms with van der Waals surface area (Å²) in [5, 5.41) is 9.21. The van der Waals surface area contributed by atoms with Gasteiger partial charge in [0.2, 0.25) is 0 Å². The molecule has 4 nitrogen and oxygen atoms in total. The molecule has 0 aliphatic heterocycles. The van der Waals surface area contributed by atoms with Crippen molar-refractivity contribution in [1.29, 1.82) is 0 Å².